The molecule has 0 aromatic heterocycles. The van der Waals surface area contributed by atoms with Gasteiger partial charge in [0, 0.05) is 17.0 Å². The number of Topliss-reactive ketones (excluding diaryl/α,β-unsaturated/α-hetero) is 1. The average Bonchev–Trinajstić information content (AvgIpc) is 2.34. The molecule has 0 radical (unpaired) electrons. The molecule has 1 aromatic carbocycles. The molecule has 0 spiro atoms. The third-order valence-electron chi connectivity index (χ3n) is 3.51. The van der Waals surface area contributed by atoms with Gasteiger partial charge >= 0.3 is 0 Å². The van der Waals surface area contributed by atoms with E-state index >= 15 is 0 Å². The molecule has 0 aliphatic carbocycles. The van der Waals surface area contributed by atoms with Crippen molar-refractivity contribution in [3.63, 3.8) is 0 Å². The van der Waals surface area contributed by atoms with Crippen LogP contribution >= 0.6 is 11.6 Å². The lowest BCUT2D eigenvalue weighted by Crippen LogP contribution is -2.09. The van der Waals surface area contributed by atoms with Crippen LogP contribution in [0, 0.1) is 12.8 Å². The number of hydrogen-bond donors (Lipinski definition) is 0. The molecular formula is C16H23ClO. The fourth-order valence-electron chi connectivity index (χ4n) is 2.26. The highest BCUT2D eigenvalue weighted by atomic mass is 35.5. The first-order chi connectivity index (χ1) is 8.58. The van der Waals surface area contributed by atoms with Crippen LogP contribution in [0.4, 0.5) is 0 Å². The van der Waals surface area contributed by atoms with Crippen molar-refractivity contribution in [2.45, 2.75) is 52.9 Å². The first kappa shape index (κ1) is 15.2. The molecule has 0 fully saturated rings. The minimum atomic E-state index is 0.257. The van der Waals surface area contributed by atoms with E-state index in [4.69, 9.17) is 11.6 Å². The van der Waals surface area contributed by atoms with Crippen molar-refractivity contribution in [1.82, 2.24) is 0 Å². The van der Waals surface area contributed by atoms with Crippen molar-refractivity contribution >= 4 is 17.4 Å². The Kier molecular flexibility index (Phi) is 6.42. The molecule has 0 bridgehead atoms. The van der Waals surface area contributed by atoms with Crippen molar-refractivity contribution in [2.75, 3.05) is 0 Å². The largest absolute Gasteiger partial charge is 0.294 e. The monoisotopic (exact) mass is 266 g/mol. The van der Waals surface area contributed by atoms with Crippen LogP contribution in [0.25, 0.3) is 0 Å². The van der Waals surface area contributed by atoms with Crippen LogP contribution in [0.5, 0.6) is 0 Å². The van der Waals surface area contributed by atoms with Crippen molar-refractivity contribution in [1.29, 1.82) is 0 Å². The molecule has 2 heteroatoms. The fraction of sp³-hybridized carbons (Fsp3) is 0.562. The summed E-state index contributed by atoms with van der Waals surface area (Å²) < 4.78 is 0. The number of carbonyl (C=O) groups is 1. The van der Waals surface area contributed by atoms with Crippen LogP contribution in [0.1, 0.15) is 61.9 Å². The normalized spacial score (nSPS) is 12.4. The highest BCUT2D eigenvalue weighted by molar-refractivity contribution is 6.30. The summed E-state index contributed by atoms with van der Waals surface area (Å²) in [6.45, 7) is 6.31. The van der Waals surface area contributed by atoms with Crippen LogP contribution in [-0.4, -0.2) is 5.78 Å². The number of aryl methyl sites for hydroxylation is 1. The molecule has 0 aliphatic heterocycles. The quantitative estimate of drug-likeness (QED) is 0.601. The van der Waals surface area contributed by atoms with Crippen LogP contribution in [0.15, 0.2) is 18.2 Å². The lowest BCUT2D eigenvalue weighted by molar-refractivity contribution is 0.0956. The summed E-state index contributed by atoms with van der Waals surface area (Å²) in [4.78, 5) is 12.3. The maximum atomic E-state index is 12.3. The molecule has 100 valence electrons. The molecule has 1 atom stereocenters. The van der Waals surface area contributed by atoms with Gasteiger partial charge in [-0.25, -0.2) is 0 Å². The number of ketones is 1. The highest BCUT2D eigenvalue weighted by Crippen LogP contribution is 2.22. The van der Waals surface area contributed by atoms with Gasteiger partial charge in [-0.3, -0.25) is 4.79 Å². The van der Waals surface area contributed by atoms with Crippen LogP contribution < -0.4 is 0 Å². The standard InChI is InChI=1S/C16H23ClO/c1-4-6-7-13(5-2)11-16(18)15-9-8-14(17)10-12(15)3/h8-10,13H,4-7,11H2,1-3H3. The molecule has 1 nitrogen and oxygen atoms in total. The Labute approximate surface area is 116 Å². The van der Waals surface area contributed by atoms with Gasteiger partial charge in [-0.15, -0.1) is 0 Å². The van der Waals surface area contributed by atoms with E-state index in [-0.39, 0.29) is 5.78 Å². The predicted molar refractivity (Wildman–Crippen MR) is 78.4 cm³/mol. The van der Waals surface area contributed by atoms with Gasteiger partial charge in [-0.05, 0) is 36.6 Å². The Balaban J connectivity index is 2.68. The van der Waals surface area contributed by atoms with Crippen molar-refractivity contribution in [3.05, 3.63) is 34.3 Å². The maximum absolute atomic E-state index is 12.3. The van der Waals surface area contributed by atoms with Gasteiger partial charge in [0.2, 0.25) is 0 Å². The number of hydrogen-bond acceptors (Lipinski definition) is 1. The topological polar surface area (TPSA) is 17.1 Å². The van der Waals surface area contributed by atoms with E-state index in [1.54, 1.807) is 6.07 Å². The lowest BCUT2D eigenvalue weighted by Gasteiger charge is -2.14. The number of halogens is 1. The van der Waals surface area contributed by atoms with Crippen molar-refractivity contribution in [2.24, 2.45) is 5.92 Å². The maximum Gasteiger partial charge on any atom is 0.163 e. The second-order valence-corrected chi connectivity index (χ2v) is 5.44. The van der Waals surface area contributed by atoms with Gasteiger partial charge in [-0.2, -0.15) is 0 Å². The minimum absolute atomic E-state index is 0.257. The average molecular weight is 267 g/mol. The van der Waals surface area contributed by atoms with Gasteiger partial charge in [-0.1, -0.05) is 51.1 Å². The zero-order chi connectivity index (χ0) is 13.5. The van der Waals surface area contributed by atoms with E-state index in [9.17, 15) is 4.79 Å². The van der Waals surface area contributed by atoms with E-state index in [1.807, 2.05) is 19.1 Å². The Bertz CT molecular complexity index is 398. The van der Waals surface area contributed by atoms with Gasteiger partial charge < -0.3 is 0 Å². The molecule has 1 unspecified atom stereocenters. The second kappa shape index (κ2) is 7.58. The van der Waals surface area contributed by atoms with E-state index in [2.05, 4.69) is 13.8 Å². The molecule has 0 saturated carbocycles. The smallest absolute Gasteiger partial charge is 0.163 e. The summed E-state index contributed by atoms with van der Waals surface area (Å²) in [6, 6.07) is 5.52. The second-order valence-electron chi connectivity index (χ2n) is 5.00. The van der Waals surface area contributed by atoms with Crippen molar-refractivity contribution in [3.8, 4) is 0 Å². The van der Waals surface area contributed by atoms with E-state index < -0.39 is 0 Å². The van der Waals surface area contributed by atoms with E-state index in [0.717, 1.165) is 24.0 Å². The van der Waals surface area contributed by atoms with Crippen LogP contribution in [0.3, 0.4) is 0 Å². The molecule has 0 saturated heterocycles. The molecule has 1 rings (SSSR count). The Morgan fingerprint density at radius 3 is 2.61 bits per heavy atom. The summed E-state index contributed by atoms with van der Waals surface area (Å²) >= 11 is 5.91. The molecule has 18 heavy (non-hydrogen) atoms. The first-order valence-corrected chi connectivity index (χ1v) is 7.25. The van der Waals surface area contributed by atoms with Gasteiger partial charge in [0.15, 0.2) is 5.78 Å². The number of unbranched alkanes of at least 4 members (excludes halogenated alkanes) is 1. The predicted octanol–water partition coefficient (Wildman–Crippen LogP) is 5.44. The zero-order valence-corrected chi connectivity index (χ0v) is 12.4. The van der Waals surface area contributed by atoms with Crippen molar-refractivity contribution < 1.29 is 4.79 Å². The minimum Gasteiger partial charge on any atom is -0.294 e. The van der Waals surface area contributed by atoms with E-state index in [1.165, 1.54) is 12.8 Å². The summed E-state index contributed by atoms with van der Waals surface area (Å²) in [7, 11) is 0. The van der Waals surface area contributed by atoms with Crippen LogP contribution in [0.2, 0.25) is 5.02 Å². The molecule has 0 N–H and O–H groups in total. The third-order valence-corrected chi connectivity index (χ3v) is 3.74. The molecular weight excluding hydrogens is 244 g/mol. The SMILES string of the molecule is CCCCC(CC)CC(=O)c1ccc(Cl)cc1C. The molecule has 0 heterocycles. The number of benzene rings is 1. The van der Waals surface area contributed by atoms with Gasteiger partial charge in [0.25, 0.3) is 0 Å². The van der Waals surface area contributed by atoms with Gasteiger partial charge in [0.1, 0.15) is 0 Å². The zero-order valence-electron chi connectivity index (χ0n) is 11.6. The first-order valence-electron chi connectivity index (χ1n) is 6.87. The molecule has 1 aromatic rings. The fourth-order valence-corrected chi connectivity index (χ4v) is 2.48. The summed E-state index contributed by atoms with van der Waals surface area (Å²) in [5.74, 6) is 0.777. The summed E-state index contributed by atoms with van der Waals surface area (Å²) in [5, 5.41) is 0.696. The van der Waals surface area contributed by atoms with Crippen LogP contribution in [-0.2, 0) is 0 Å². The van der Waals surface area contributed by atoms with E-state index in [0.29, 0.717) is 17.4 Å². The van der Waals surface area contributed by atoms with Gasteiger partial charge in [0.05, 0.1) is 0 Å². The third kappa shape index (κ3) is 4.45. The Morgan fingerprint density at radius 2 is 2.06 bits per heavy atom. The summed E-state index contributed by atoms with van der Waals surface area (Å²) in [5.41, 5.74) is 1.81. The lowest BCUT2D eigenvalue weighted by atomic mass is 9.90. The number of rotatable bonds is 7. The number of carbonyl (C=O) groups excluding carboxylic acids is 1. The molecule has 0 aliphatic rings. The highest BCUT2D eigenvalue weighted by Gasteiger charge is 2.15. The summed E-state index contributed by atoms with van der Waals surface area (Å²) in [6.07, 6.45) is 5.32. The Hall–Kier alpha value is -0.820. The molecule has 0 amide bonds. The Morgan fingerprint density at radius 1 is 1.33 bits per heavy atom.